The number of carbonyl (C=O) groups is 1. The number of hydrogen-bond donors (Lipinski definition) is 0. The fourth-order valence-electron chi connectivity index (χ4n) is 4.99. The first-order valence-electron chi connectivity index (χ1n) is 6.80. The fourth-order valence-corrected chi connectivity index (χ4v) is 4.99. The molecular formula is C15H22O. The monoisotopic (exact) mass is 218 g/mol. The van der Waals surface area contributed by atoms with Crippen molar-refractivity contribution in [2.75, 3.05) is 0 Å². The summed E-state index contributed by atoms with van der Waals surface area (Å²) in [5.41, 5.74) is 1.51. The molecule has 16 heavy (non-hydrogen) atoms. The van der Waals surface area contributed by atoms with Crippen molar-refractivity contribution in [1.29, 1.82) is 0 Å². The van der Waals surface area contributed by atoms with E-state index in [1.54, 1.807) is 0 Å². The zero-order chi connectivity index (χ0) is 11.4. The van der Waals surface area contributed by atoms with Gasteiger partial charge < -0.3 is 4.79 Å². The SMILES string of the molecule is C=C1C2CCC(C=O)(C2)C1(C)C1CCCC1. The van der Waals surface area contributed by atoms with Crippen molar-refractivity contribution in [2.45, 2.75) is 51.9 Å². The van der Waals surface area contributed by atoms with Crippen LogP contribution < -0.4 is 0 Å². The molecule has 3 aliphatic rings. The molecule has 0 amide bonds. The van der Waals surface area contributed by atoms with Crippen molar-refractivity contribution >= 4 is 6.29 Å². The molecule has 0 aromatic carbocycles. The maximum atomic E-state index is 11.7. The normalized spacial score (nSPS) is 47.8. The lowest BCUT2D eigenvalue weighted by Gasteiger charge is -2.47. The molecule has 2 bridgehead atoms. The van der Waals surface area contributed by atoms with Gasteiger partial charge in [0.1, 0.15) is 6.29 Å². The molecule has 3 rings (SSSR count). The Bertz CT molecular complexity index is 339. The highest BCUT2D eigenvalue weighted by atomic mass is 16.1. The predicted octanol–water partition coefficient (Wildman–Crippen LogP) is 3.74. The standard InChI is InChI=1S/C15H22O/c1-11-12-7-8-15(9-12,10-16)14(11,2)13-5-3-4-6-13/h10,12-13H,1,3-9H2,2H3. The van der Waals surface area contributed by atoms with E-state index in [1.807, 2.05) is 0 Å². The Balaban J connectivity index is 2.03. The third-order valence-electron chi connectivity index (χ3n) is 6.14. The maximum Gasteiger partial charge on any atom is 0.127 e. The Kier molecular flexibility index (Phi) is 2.12. The minimum Gasteiger partial charge on any atom is -0.303 e. The first-order chi connectivity index (χ1) is 7.64. The van der Waals surface area contributed by atoms with E-state index in [0.717, 1.165) is 18.8 Å². The van der Waals surface area contributed by atoms with Gasteiger partial charge in [0, 0.05) is 10.8 Å². The highest BCUT2D eigenvalue weighted by Gasteiger charge is 2.64. The molecule has 0 aromatic heterocycles. The maximum absolute atomic E-state index is 11.7. The van der Waals surface area contributed by atoms with Crippen LogP contribution in [0.5, 0.6) is 0 Å². The van der Waals surface area contributed by atoms with Crippen LogP contribution in [-0.2, 0) is 4.79 Å². The van der Waals surface area contributed by atoms with Crippen LogP contribution in [0.25, 0.3) is 0 Å². The number of fused-ring (bicyclic) bond motifs is 2. The lowest BCUT2D eigenvalue weighted by Crippen LogP contribution is -2.43. The second kappa shape index (κ2) is 3.21. The summed E-state index contributed by atoms with van der Waals surface area (Å²) in [4.78, 5) is 11.7. The van der Waals surface area contributed by atoms with Crippen LogP contribution in [0.15, 0.2) is 12.2 Å². The van der Waals surface area contributed by atoms with E-state index >= 15 is 0 Å². The van der Waals surface area contributed by atoms with E-state index in [9.17, 15) is 4.79 Å². The molecule has 0 spiro atoms. The van der Waals surface area contributed by atoms with Gasteiger partial charge in [-0.2, -0.15) is 0 Å². The molecule has 0 aromatic rings. The van der Waals surface area contributed by atoms with Crippen molar-refractivity contribution in [3.63, 3.8) is 0 Å². The molecule has 3 aliphatic carbocycles. The quantitative estimate of drug-likeness (QED) is 0.510. The number of carbonyl (C=O) groups excluding carboxylic acids is 1. The Hall–Kier alpha value is -0.590. The molecule has 1 heteroatoms. The van der Waals surface area contributed by atoms with Crippen LogP contribution in [0.1, 0.15) is 51.9 Å². The predicted molar refractivity (Wildman–Crippen MR) is 65.0 cm³/mol. The van der Waals surface area contributed by atoms with Crippen molar-refractivity contribution in [2.24, 2.45) is 22.7 Å². The summed E-state index contributed by atoms with van der Waals surface area (Å²) in [6.07, 6.45) is 10.1. The summed E-state index contributed by atoms with van der Waals surface area (Å²) < 4.78 is 0. The van der Waals surface area contributed by atoms with Crippen LogP contribution >= 0.6 is 0 Å². The van der Waals surface area contributed by atoms with Crippen LogP contribution in [-0.4, -0.2) is 6.29 Å². The van der Waals surface area contributed by atoms with Gasteiger partial charge in [-0.05, 0) is 43.9 Å². The van der Waals surface area contributed by atoms with Gasteiger partial charge in [0.15, 0.2) is 0 Å². The Morgan fingerprint density at radius 2 is 2.00 bits per heavy atom. The molecular weight excluding hydrogens is 196 g/mol. The third kappa shape index (κ3) is 1.00. The highest BCUT2D eigenvalue weighted by Crippen LogP contribution is 2.70. The molecule has 3 unspecified atom stereocenters. The lowest BCUT2D eigenvalue weighted by molar-refractivity contribution is -0.122. The summed E-state index contributed by atoms with van der Waals surface area (Å²) in [6.45, 7) is 6.71. The van der Waals surface area contributed by atoms with E-state index in [1.165, 1.54) is 44.0 Å². The summed E-state index contributed by atoms with van der Waals surface area (Å²) in [6, 6.07) is 0. The second-order valence-corrected chi connectivity index (χ2v) is 6.42. The highest BCUT2D eigenvalue weighted by molar-refractivity contribution is 5.66. The molecule has 0 aliphatic heterocycles. The fraction of sp³-hybridized carbons (Fsp3) is 0.800. The number of rotatable bonds is 2. The van der Waals surface area contributed by atoms with Gasteiger partial charge in [-0.1, -0.05) is 31.9 Å². The first kappa shape index (κ1) is 10.6. The Morgan fingerprint density at radius 1 is 1.31 bits per heavy atom. The van der Waals surface area contributed by atoms with E-state index in [-0.39, 0.29) is 10.8 Å². The second-order valence-electron chi connectivity index (χ2n) is 6.42. The molecule has 0 radical (unpaired) electrons. The number of aldehydes is 1. The van der Waals surface area contributed by atoms with Gasteiger partial charge in [-0.25, -0.2) is 0 Å². The van der Waals surface area contributed by atoms with Gasteiger partial charge in [0.05, 0.1) is 0 Å². The third-order valence-corrected chi connectivity index (χ3v) is 6.14. The van der Waals surface area contributed by atoms with E-state index in [2.05, 4.69) is 13.5 Å². The summed E-state index contributed by atoms with van der Waals surface area (Å²) >= 11 is 0. The zero-order valence-electron chi connectivity index (χ0n) is 10.3. The van der Waals surface area contributed by atoms with Gasteiger partial charge in [-0.15, -0.1) is 0 Å². The molecule has 3 saturated carbocycles. The summed E-state index contributed by atoms with van der Waals surface area (Å²) in [5, 5.41) is 0. The van der Waals surface area contributed by atoms with E-state index in [4.69, 9.17) is 0 Å². The summed E-state index contributed by atoms with van der Waals surface area (Å²) in [5.74, 6) is 1.38. The van der Waals surface area contributed by atoms with Gasteiger partial charge >= 0.3 is 0 Å². The summed E-state index contributed by atoms with van der Waals surface area (Å²) in [7, 11) is 0. The zero-order valence-corrected chi connectivity index (χ0v) is 10.3. The minimum atomic E-state index is -0.0379. The van der Waals surface area contributed by atoms with Crippen molar-refractivity contribution < 1.29 is 4.79 Å². The van der Waals surface area contributed by atoms with Gasteiger partial charge in [-0.3, -0.25) is 0 Å². The lowest BCUT2D eigenvalue weighted by atomic mass is 9.56. The van der Waals surface area contributed by atoms with Crippen LogP contribution in [0.2, 0.25) is 0 Å². The average Bonchev–Trinajstić information content (AvgIpc) is 2.98. The van der Waals surface area contributed by atoms with Gasteiger partial charge in [0.2, 0.25) is 0 Å². The molecule has 88 valence electrons. The molecule has 0 heterocycles. The first-order valence-corrected chi connectivity index (χ1v) is 6.80. The molecule has 0 saturated heterocycles. The molecule has 3 atom stereocenters. The van der Waals surface area contributed by atoms with Crippen molar-refractivity contribution in [1.82, 2.24) is 0 Å². The van der Waals surface area contributed by atoms with Crippen molar-refractivity contribution in [3.8, 4) is 0 Å². The van der Waals surface area contributed by atoms with Gasteiger partial charge in [0.25, 0.3) is 0 Å². The minimum absolute atomic E-state index is 0.0379. The topological polar surface area (TPSA) is 17.1 Å². The van der Waals surface area contributed by atoms with Crippen LogP contribution in [0.4, 0.5) is 0 Å². The van der Waals surface area contributed by atoms with Crippen molar-refractivity contribution in [3.05, 3.63) is 12.2 Å². The average molecular weight is 218 g/mol. The molecule has 0 N–H and O–H groups in total. The smallest absolute Gasteiger partial charge is 0.127 e. The van der Waals surface area contributed by atoms with Crippen LogP contribution in [0.3, 0.4) is 0 Å². The number of hydrogen-bond acceptors (Lipinski definition) is 1. The Labute approximate surface area is 98.3 Å². The van der Waals surface area contributed by atoms with E-state index < -0.39 is 0 Å². The van der Waals surface area contributed by atoms with E-state index in [0.29, 0.717) is 5.92 Å². The molecule has 1 nitrogen and oxygen atoms in total. The number of allylic oxidation sites excluding steroid dienone is 1. The van der Waals surface area contributed by atoms with Crippen LogP contribution in [0, 0.1) is 22.7 Å². The Morgan fingerprint density at radius 3 is 2.62 bits per heavy atom. The molecule has 3 fully saturated rings. The largest absolute Gasteiger partial charge is 0.303 e.